The van der Waals surface area contributed by atoms with Crippen molar-refractivity contribution < 1.29 is 19.1 Å². The van der Waals surface area contributed by atoms with Gasteiger partial charge in [-0.1, -0.05) is 0 Å². The zero-order chi connectivity index (χ0) is 16.4. The highest BCUT2D eigenvalue weighted by Gasteiger charge is 2.36. The number of nitrogens with one attached hydrogen (secondary N) is 1. The number of hydrogen-bond acceptors (Lipinski definition) is 5. The van der Waals surface area contributed by atoms with Gasteiger partial charge < -0.3 is 4.74 Å². The Hall–Kier alpha value is -2.93. The van der Waals surface area contributed by atoms with Gasteiger partial charge in [-0.2, -0.15) is 11.3 Å². The smallest absolute Gasteiger partial charge is 0.335 e. The van der Waals surface area contributed by atoms with Crippen molar-refractivity contribution in [2.45, 2.75) is 0 Å². The fourth-order valence-electron chi connectivity index (χ4n) is 2.15. The second kappa shape index (κ2) is 6.05. The number of barbiturate groups is 1. The molecule has 23 heavy (non-hydrogen) atoms. The van der Waals surface area contributed by atoms with Crippen molar-refractivity contribution in [1.82, 2.24) is 5.32 Å². The predicted octanol–water partition coefficient (Wildman–Crippen LogP) is 2.42. The SMILES string of the molecule is COc1ccc(N2C(=O)NC(=O)C(=Cc3ccsc3)C2=O)cc1. The molecule has 6 nitrogen and oxygen atoms in total. The lowest BCUT2D eigenvalue weighted by molar-refractivity contribution is -0.122. The molecule has 1 fully saturated rings. The first kappa shape index (κ1) is 15.0. The van der Waals surface area contributed by atoms with Crippen LogP contribution >= 0.6 is 11.3 Å². The van der Waals surface area contributed by atoms with Gasteiger partial charge in [0.05, 0.1) is 12.8 Å². The second-order valence-corrected chi connectivity index (χ2v) is 5.49. The first-order valence-corrected chi connectivity index (χ1v) is 7.62. The molecule has 1 aliphatic heterocycles. The number of carbonyl (C=O) groups is 3. The number of rotatable bonds is 3. The second-order valence-electron chi connectivity index (χ2n) is 4.71. The average molecular weight is 328 g/mol. The number of benzene rings is 1. The van der Waals surface area contributed by atoms with Crippen molar-refractivity contribution in [2.75, 3.05) is 12.0 Å². The maximum Gasteiger partial charge on any atom is 0.335 e. The van der Waals surface area contributed by atoms with Crippen LogP contribution in [0.2, 0.25) is 0 Å². The molecule has 2 heterocycles. The highest BCUT2D eigenvalue weighted by atomic mass is 32.1. The summed E-state index contributed by atoms with van der Waals surface area (Å²) in [7, 11) is 1.52. The summed E-state index contributed by atoms with van der Waals surface area (Å²) in [5.74, 6) is -0.755. The van der Waals surface area contributed by atoms with E-state index in [1.807, 2.05) is 10.8 Å². The zero-order valence-electron chi connectivity index (χ0n) is 12.1. The maximum absolute atomic E-state index is 12.6. The summed E-state index contributed by atoms with van der Waals surface area (Å²) in [6, 6.07) is 7.44. The van der Waals surface area contributed by atoms with Crippen molar-refractivity contribution in [1.29, 1.82) is 0 Å². The Labute approximate surface area is 136 Å². The van der Waals surface area contributed by atoms with Crippen LogP contribution in [-0.2, 0) is 9.59 Å². The molecule has 1 aromatic carbocycles. The van der Waals surface area contributed by atoms with E-state index in [4.69, 9.17) is 4.74 Å². The molecular weight excluding hydrogens is 316 g/mol. The van der Waals surface area contributed by atoms with Crippen LogP contribution in [0.15, 0.2) is 46.7 Å². The molecule has 4 amide bonds. The molecule has 0 spiro atoms. The molecule has 0 aliphatic carbocycles. The summed E-state index contributed by atoms with van der Waals surface area (Å²) in [4.78, 5) is 37.5. The molecule has 0 radical (unpaired) electrons. The Bertz CT molecular complexity index is 794. The summed E-state index contributed by atoms with van der Waals surface area (Å²) in [6.45, 7) is 0. The molecule has 0 bridgehead atoms. The minimum Gasteiger partial charge on any atom is -0.497 e. The summed E-state index contributed by atoms with van der Waals surface area (Å²) in [6.07, 6.45) is 1.47. The highest BCUT2D eigenvalue weighted by Crippen LogP contribution is 2.24. The number of hydrogen-bond donors (Lipinski definition) is 1. The number of nitrogens with zero attached hydrogens (tertiary/aromatic N) is 1. The number of ether oxygens (including phenoxy) is 1. The predicted molar refractivity (Wildman–Crippen MR) is 86.3 cm³/mol. The minimum atomic E-state index is -0.771. The Morgan fingerprint density at radius 3 is 2.48 bits per heavy atom. The third-order valence-corrected chi connectivity index (χ3v) is 3.99. The van der Waals surface area contributed by atoms with Gasteiger partial charge in [-0.05, 0) is 52.7 Å². The zero-order valence-corrected chi connectivity index (χ0v) is 12.9. The summed E-state index contributed by atoms with van der Waals surface area (Å²) >= 11 is 1.45. The van der Waals surface area contributed by atoms with Gasteiger partial charge in [-0.25, -0.2) is 9.69 Å². The topological polar surface area (TPSA) is 75.7 Å². The van der Waals surface area contributed by atoms with Crippen LogP contribution in [0, 0.1) is 0 Å². The third-order valence-electron chi connectivity index (χ3n) is 3.29. The lowest BCUT2D eigenvalue weighted by Crippen LogP contribution is -2.54. The normalized spacial score (nSPS) is 16.7. The van der Waals surface area contributed by atoms with E-state index in [2.05, 4.69) is 5.32 Å². The standard InChI is InChI=1S/C16H12N2O4S/c1-22-12-4-2-11(3-5-12)18-15(20)13(14(19)17-16(18)21)8-10-6-7-23-9-10/h2-9H,1H3,(H,17,19,21). The van der Waals surface area contributed by atoms with E-state index < -0.39 is 17.8 Å². The van der Waals surface area contributed by atoms with Crippen molar-refractivity contribution in [2.24, 2.45) is 0 Å². The van der Waals surface area contributed by atoms with Gasteiger partial charge in [0.25, 0.3) is 11.8 Å². The van der Waals surface area contributed by atoms with Gasteiger partial charge in [0.1, 0.15) is 11.3 Å². The lowest BCUT2D eigenvalue weighted by Gasteiger charge is -2.26. The highest BCUT2D eigenvalue weighted by molar-refractivity contribution is 7.08. The molecule has 2 aromatic rings. The van der Waals surface area contributed by atoms with Gasteiger partial charge in [0.2, 0.25) is 0 Å². The van der Waals surface area contributed by atoms with E-state index in [0.717, 1.165) is 10.5 Å². The number of imide groups is 2. The van der Waals surface area contributed by atoms with Gasteiger partial charge >= 0.3 is 6.03 Å². The van der Waals surface area contributed by atoms with Gasteiger partial charge in [0, 0.05) is 0 Å². The van der Waals surface area contributed by atoms with E-state index in [1.54, 1.807) is 30.3 Å². The molecule has 1 aromatic heterocycles. The Morgan fingerprint density at radius 1 is 1.13 bits per heavy atom. The van der Waals surface area contributed by atoms with Crippen molar-refractivity contribution >= 4 is 40.9 Å². The molecule has 3 rings (SSSR count). The molecule has 116 valence electrons. The molecule has 0 saturated carbocycles. The van der Waals surface area contributed by atoms with Crippen molar-refractivity contribution in [3.63, 3.8) is 0 Å². The Morgan fingerprint density at radius 2 is 1.87 bits per heavy atom. The van der Waals surface area contributed by atoms with E-state index >= 15 is 0 Å². The van der Waals surface area contributed by atoms with Crippen LogP contribution in [-0.4, -0.2) is 25.0 Å². The van der Waals surface area contributed by atoms with Gasteiger partial charge in [0.15, 0.2) is 0 Å². The number of urea groups is 1. The number of anilines is 1. The van der Waals surface area contributed by atoms with Crippen LogP contribution in [0.3, 0.4) is 0 Å². The number of amides is 4. The summed E-state index contributed by atoms with van der Waals surface area (Å²) < 4.78 is 5.05. The maximum atomic E-state index is 12.6. The van der Waals surface area contributed by atoms with E-state index in [-0.39, 0.29) is 5.57 Å². The monoisotopic (exact) mass is 328 g/mol. The van der Waals surface area contributed by atoms with Gasteiger partial charge in [-0.3, -0.25) is 14.9 Å². The minimum absolute atomic E-state index is 0.0844. The fraction of sp³-hybridized carbons (Fsp3) is 0.0625. The van der Waals surface area contributed by atoms with Crippen LogP contribution in [0.1, 0.15) is 5.56 Å². The lowest BCUT2D eigenvalue weighted by atomic mass is 10.1. The first-order chi connectivity index (χ1) is 11.1. The summed E-state index contributed by atoms with van der Waals surface area (Å²) in [5, 5.41) is 5.83. The molecule has 7 heteroatoms. The Kier molecular flexibility index (Phi) is 3.94. The van der Waals surface area contributed by atoms with E-state index in [0.29, 0.717) is 11.4 Å². The number of methoxy groups -OCH3 is 1. The Balaban J connectivity index is 1.98. The third kappa shape index (κ3) is 2.86. The molecular formula is C16H12N2O4S. The van der Waals surface area contributed by atoms with Crippen LogP contribution in [0.5, 0.6) is 5.75 Å². The average Bonchev–Trinajstić information content (AvgIpc) is 3.05. The van der Waals surface area contributed by atoms with Gasteiger partial charge in [-0.15, -0.1) is 0 Å². The molecule has 0 atom stereocenters. The molecule has 0 unspecified atom stereocenters. The van der Waals surface area contributed by atoms with Crippen LogP contribution < -0.4 is 15.0 Å². The van der Waals surface area contributed by atoms with Crippen molar-refractivity contribution in [3.8, 4) is 5.75 Å². The fourth-order valence-corrected chi connectivity index (χ4v) is 2.77. The van der Waals surface area contributed by atoms with Crippen molar-refractivity contribution in [3.05, 3.63) is 52.2 Å². The quantitative estimate of drug-likeness (QED) is 0.693. The molecule has 1 aliphatic rings. The van der Waals surface area contributed by atoms with E-state index in [9.17, 15) is 14.4 Å². The number of thiophene rings is 1. The summed E-state index contributed by atoms with van der Waals surface area (Å²) in [5.41, 5.74) is 1.01. The van der Waals surface area contributed by atoms with E-state index in [1.165, 1.54) is 24.5 Å². The molecule has 1 N–H and O–H groups in total. The first-order valence-electron chi connectivity index (χ1n) is 6.68. The largest absolute Gasteiger partial charge is 0.497 e. The number of carbonyl (C=O) groups excluding carboxylic acids is 3. The molecule has 1 saturated heterocycles. The van der Waals surface area contributed by atoms with Crippen LogP contribution in [0.25, 0.3) is 6.08 Å². The van der Waals surface area contributed by atoms with Crippen LogP contribution in [0.4, 0.5) is 10.5 Å².